The fraction of sp³-hybridized carbons (Fsp3) is 0.382. The van der Waals surface area contributed by atoms with E-state index in [1.54, 1.807) is 25.9 Å². The molecule has 0 N–H and O–H groups in total. The molecule has 1 saturated heterocycles. The minimum atomic E-state index is -4.43. The van der Waals surface area contributed by atoms with Gasteiger partial charge in [-0.2, -0.15) is 13.2 Å². The molecule has 0 bridgehead atoms. The Bertz CT molecular complexity index is 1510. The van der Waals surface area contributed by atoms with Crippen molar-refractivity contribution in [1.82, 2.24) is 14.7 Å². The predicted octanol–water partition coefficient (Wildman–Crippen LogP) is 6.07. The van der Waals surface area contributed by atoms with Crippen molar-refractivity contribution in [1.29, 1.82) is 0 Å². The van der Waals surface area contributed by atoms with Gasteiger partial charge in [0.05, 0.1) is 11.5 Å². The Balaban J connectivity index is 1.29. The molecule has 3 aromatic carbocycles. The molecule has 0 saturated carbocycles. The van der Waals surface area contributed by atoms with Gasteiger partial charge in [0, 0.05) is 27.2 Å². The Morgan fingerprint density at radius 2 is 1.47 bits per heavy atom. The van der Waals surface area contributed by atoms with Crippen molar-refractivity contribution >= 4 is 17.6 Å². The van der Waals surface area contributed by atoms with Crippen LogP contribution in [0.15, 0.2) is 77.8 Å². The maximum Gasteiger partial charge on any atom is 0.416 e. The van der Waals surface area contributed by atoms with E-state index in [1.165, 1.54) is 65.6 Å². The Kier molecular flexibility index (Phi) is 9.11. The lowest BCUT2D eigenvalue weighted by molar-refractivity contribution is -0.138. The molecule has 2 unspecified atom stereocenters. The largest absolute Gasteiger partial charge is 0.416 e. The van der Waals surface area contributed by atoms with Crippen LogP contribution in [0.1, 0.15) is 47.9 Å². The van der Waals surface area contributed by atoms with E-state index >= 15 is 0 Å². The Morgan fingerprint density at radius 3 is 1.98 bits per heavy atom. The van der Waals surface area contributed by atoms with Crippen LogP contribution in [0.5, 0.6) is 0 Å². The van der Waals surface area contributed by atoms with Gasteiger partial charge >= 0.3 is 6.18 Å². The van der Waals surface area contributed by atoms with Crippen LogP contribution in [0, 0.1) is 17.6 Å². The van der Waals surface area contributed by atoms with E-state index in [9.17, 15) is 31.5 Å². The second-order valence-electron chi connectivity index (χ2n) is 11.8. The number of aliphatic imine (C=N–C) groups is 1. The maximum absolute atomic E-state index is 14.1. The van der Waals surface area contributed by atoms with Crippen LogP contribution in [0.2, 0.25) is 0 Å². The summed E-state index contributed by atoms with van der Waals surface area (Å²) in [5, 5.41) is 0. The van der Waals surface area contributed by atoms with Crippen molar-refractivity contribution in [3.05, 3.63) is 107 Å². The summed E-state index contributed by atoms with van der Waals surface area (Å²) in [6, 6.07) is 16.2. The number of halogens is 5. The van der Waals surface area contributed by atoms with Crippen LogP contribution < -0.4 is 0 Å². The second-order valence-corrected chi connectivity index (χ2v) is 11.8. The SMILES string of the molecule is CC1=NC(c2ccc(F)cc2)(c2ccc(F)cc2)C(=O)N1CCCN1CCC(c2ccc(C(F)(F)F)cc2)C(C(=O)N(C)C)C1. The van der Waals surface area contributed by atoms with Crippen molar-refractivity contribution in [2.24, 2.45) is 10.9 Å². The Labute approximate surface area is 259 Å². The normalized spacial score (nSPS) is 20.3. The van der Waals surface area contributed by atoms with Crippen LogP contribution >= 0.6 is 0 Å². The minimum absolute atomic E-state index is 0.0920. The number of amidine groups is 1. The van der Waals surface area contributed by atoms with Gasteiger partial charge < -0.3 is 9.80 Å². The molecule has 2 heterocycles. The summed E-state index contributed by atoms with van der Waals surface area (Å²) in [5.74, 6) is -1.50. The third-order valence-electron chi connectivity index (χ3n) is 8.78. The second kappa shape index (κ2) is 12.7. The van der Waals surface area contributed by atoms with E-state index in [1.807, 2.05) is 0 Å². The van der Waals surface area contributed by atoms with Crippen LogP contribution in [0.25, 0.3) is 0 Å². The summed E-state index contributed by atoms with van der Waals surface area (Å²) in [4.78, 5) is 37.3. The third kappa shape index (κ3) is 6.49. The number of benzene rings is 3. The molecule has 6 nitrogen and oxygen atoms in total. The fourth-order valence-corrected chi connectivity index (χ4v) is 6.46. The number of nitrogens with zero attached hydrogens (tertiary/aromatic N) is 4. The van der Waals surface area contributed by atoms with Crippen LogP contribution in [-0.4, -0.2) is 72.6 Å². The zero-order valence-electron chi connectivity index (χ0n) is 25.3. The highest BCUT2D eigenvalue weighted by atomic mass is 19.4. The molecule has 0 aliphatic carbocycles. The number of hydrogen-bond acceptors (Lipinski definition) is 4. The number of hydrogen-bond donors (Lipinski definition) is 0. The molecule has 2 atom stereocenters. The van der Waals surface area contributed by atoms with Gasteiger partial charge in [-0.15, -0.1) is 0 Å². The first-order valence-electron chi connectivity index (χ1n) is 14.8. The number of piperidine rings is 1. The monoisotopic (exact) mass is 626 g/mol. The maximum atomic E-state index is 14.1. The standard InChI is InChI=1S/C34H35F5N4O2/c1-22-40-33(24-9-13-27(35)14-10-24,25-11-15-28(36)16-12-25)32(45)43(22)19-4-18-42-20-17-29(30(21-42)31(44)41(2)3)23-5-7-26(8-6-23)34(37,38)39/h5-16,29-30H,4,17-21H2,1-3H3. The lowest BCUT2D eigenvalue weighted by Crippen LogP contribution is -2.47. The van der Waals surface area contributed by atoms with Crippen molar-refractivity contribution in [2.75, 3.05) is 40.3 Å². The smallest absolute Gasteiger partial charge is 0.349 e. The number of likely N-dealkylation sites (tertiary alicyclic amines) is 1. The van der Waals surface area contributed by atoms with E-state index in [0.717, 1.165) is 12.1 Å². The highest BCUT2D eigenvalue weighted by Gasteiger charge is 2.50. The summed E-state index contributed by atoms with van der Waals surface area (Å²) in [6.07, 6.45) is -3.27. The van der Waals surface area contributed by atoms with Gasteiger partial charge in [-0.3, -0.25) is 14.5 Å². The molecule has 2 aliphatic heterocycles. The van der Waals surface area contributed by atoms with Gasteiger partial charge in [-0.25, -0.2) is 13.8 Å². The lowest BCUT2D eigenvalue weighted by Gasteiger charge is -2.39. The van der Waals surface area contributed by atoms with E-state index in [0.29, 0.717) is 61.5 Å². The van der Waals surface area contributed by atoms with Gasteiger partial charge in [-0.05, 0) is 91.9 Å². The van der Waals surface area contributed by atoms with Crippen molar-refractivity contribution in [3.63, 3.8) is 0 Å². The van der Waals surface area contributed by atoms with E-state index in [2.05, 4.69) is 4.90 Å². The topological polar surface area (TPSA) is 56.2 Å². The van der Waals surface area contributed by atoms with Gasteiger partial charge in [0.15, 0.2) is 5.54 Å². The van der Waals surface area contributed by atoms with E-state index < -0.39 is 34.8 Å². The lowest BCUT2D eigenvalue weighted by atomic mass is 9.79. The van der Waals surface area contributed by atoms with Crippen LogP contribution in [-0.2, 0) is 21.3 Å². The highest BCUT2D eigenvalue weighted by molar-refractivity contribution is 6.09. The molecular formula is C34H35F5N4O2. The van der Waals surface area contributed by atoms with Gasteiger partial charge in [-0.1, -0.05) is 36.4 Å². The first-order valence-corrected chi connectivity index (χ1v) is 14.8. The molecule has 0 aromatic heterocycles. The Hall–Kier alpha value is -4.12. The van der Waals surface area contributed by atoms with Gasteiger partial charge in [0.1, 0.15) is 17.5 Å². The average Bonchev–Trinajstić information content (AvgIpc) is 3.26. The van der Waals surface area contributed by atoms with Crippen LogP contribution in [0.3, 0.4) is 0 Å². The zero-order chi connectivity index (χ0) is 32.5. The van der Waals surface area contributed by atoms with Crippen LogP contribution in [0.4, 0.5) is 22.0 Å². The summed E-state index contributed by atoms with van der Waals surface area (Å²) < 4.78 is 67.0. The van der Waals surface area contributed by atoms with Crippen molar-refractivity contribution < 1.29 is 31.5 Å². The molecule has 11 heteroatoms. The first-order chi connectivity index (χ1) is 21.3. The molecule has 3 aromatic rings. The average molecular weight is 627 g/mol. The predicted molar refractivity (Wildman–Crippen MR) is 160 cm³/mol. The number of rotatable bonds is 8. The highest BCUT2D eigenvalue weighted by Crippen LogP contribution is 2.41. The Morgan fingerprint density at radius 1 is 0.911 bits per heavy atom. The number of amides is 2. The van der Waals surface area contributed by atoms with Gasteiger partial charge in [0.2, 0.25) is 5.91 Å². The molecule has 5 rings (SSSR count). The summed E-state index contributed by atoms with van der Waals surface area (Å²) in [5.41, 5.74) is -0.558. The molecule has 238 valence electrons. The quantitative estimate of drug-likeness (QED) is 0.285. The van der Waals surface area contributed by atoms with E-state index in [-0.39, 0.29) is 17.7 Å². The summed E-state index contributed by atoms with van der Waals surface area (Å²) in [7, 11) is 3.33. The van der Waals surface area contributed by atoms with E-state index in [4.69, 9.17) is 4.99 Å². The summed E-state index contributed by atoms with van der Waals surface area (Å²) in [6.45, 7) is 3.71. The molecule has 2 amide bonds. The molecular weight excluding hydrogens is 591 g/mol. The molecule has 45 heavy (non-hydrogen) atoms. The number of carbonyl (C=O) groups is 2. The molecule has 1 fully saturated rings. The fourth-order valence-electron chi connectivity index (χ4n) is 6.46. The molecule has 0 radical (unpaired) electrons. The number of alkyl halides is 3. The molecule has 0 spiro atoms. The zero-order valence-corrected chi connectivity index (χ0v) is 25.3. The summed E-state index contributed by atoms with van der Waals surface area (Å²) >= 11 is 0. The number of carbonyl (C=O) groups excluding carboxylic acids is 2. The molecule has 2 aliphatic rings. The first kappa shape index (κ1) is 32.3. The van der Waals surface area contributed by atoms with Crippen molar-refractivity contribution in [2.45, 2.75) is 37.4 Å². The third-order valence-corrected chi connectivity index (χ3v) is 8.78. The minimum Gasteiger partial charge on any atom is -0.349 e. The van der Waals surface area contributed by atoms with Crippen molar-refractivity contribution in [3.8, 4) is 0 Å². The van der Waals surface area contributed by atoms with Gasteiger partial charge in [0.25, 0.3) is 5.91 Å².